The minimum atomic E-state index is -0.368. The second-order valence-electron chi connectivity index (χ2n) is 5.57. The lowest BCUT2D eigenvalue weighted by Gasteiger charge is -2.10. The molecule has 0 amide bonds. The van der Waals surface area contributed by atoms with Crippen molar-refractivity contribution in [2.24, 2.45) is 0 Å². The van der Waals surface area contributed by atoms with Crippen molar-refractivity contribution in [1.82, 2.24) is 4.57 Å². The first kappa shape index (κ1) is 17.0. The normalized spacial score (nSPS) is 10.5. The summed E-state index contributed by atoms with van der Waals surface area (Å²) in [6.45, 7) is 1.84. The summed E-state index contributed by atoms with van der Waals surface area (Å²) < 4.78 is 6.95. The van der Waals surface area contributed by atoms with Gasteiger partial charge in [-0.15, -0.1) is 0 Å². The molecule has 0 saturated heterocycles. The highest BCUT2D eigenvalue weighted by molar-refractivity contribution is 6.34. The zero-order valence-corrected chi connectivity index (χ0v) is 14.4. The number of halogens is 1. The lowest BCUT2D eigenvalue weighted by molar-refractivity contribution is -0.131. The predicted octanol–water partition coefficient (Wildman–Crippen LogP) is 4.35. The van der Waals surface area contributed by atoms with Crippen molar-refractivity contribution in [2.45, 2.75) is 13.5 Å². The van der Waals surface area contributed by atoms with Gasteiger partial charge >= 0.3 is 5.97 Å². The Balaban J connectivity index is 1.87. The molecule has 126 valence electrons. The van der Waals surface area contributed by atoms with Crippen LogP contribution < -0.4 is 4.74 Å². The number of carbonyl (C=O) groups is 2. The Bertz CT molecular complexity index is 930. The first-order chi connectivity index (χ1) is 12.0. The highest BCUT2D eigenvalue weighted by atomic mass is 35.5. The molecule has 0 bridgehead atoms. The molecule has 1 aromatic heterocycles. The van der Waals surface area contributed by atoms with Gasteiger partial charge in [-0.1, -0.05) is 35.9 Å². The van der Waals surface area contributed by atoms with Crippen LogP contribution in [0, 0.1) is 0 Å². The van der Waals surface area contributed by atoms with Gasteiger partial charge in [-0.25, -0.2) is 0 Å². The Morgan fingerprint density at radius 1 is 1.04 bits per heavy atom. The maximum Gasteiger partial charge on any atom is 0.308 e. The summed E-state index contributed by atoms with van der Waals surface area (Å²) >= 11 is 6.14. The molecule has 2 aromatic carbocycles. The Labute approximate surface area is 150 Å². The highest BCUT2D eigenvalue weighted by Gasteiger charge is 2.16. The SMILES string of the molecule is CC(=O)Oc1cccc(Cn2cccc2C(=O)c2ccccc2Cl)c1. The van der Waals surface area contributed by atoms with Crippen LogP contribution in [0.25, 0.3) is 0 Å². The molecule has 0 N–H and O–H groups in total. The van der Waals surface area contributed by atoms with E-state index >= 15 is 0 Å². The van der Waals surface area contributed by atoms with Crippen LogP contribution in [-0.2, 0) is 11.3 Å². The van der Waals surface area contributed by atoms with Gasteiger partial charge in [-0.05, 0) is 42.0 Å². The van der Waals surface area contributed by atoms with E-state index < -0.39 is 0 Å². The molecule has 0 saturated carbocycles. The summed E-state index contributed by atoms with van der Waals surface area (Å²) in [5.74, 6) is -0.0180. The summed E-state index contributed by atoms with van der Waals surface area (Å²) in [5, 5.41) is 0.428. The first-order valence-corrected chi connectivity index (χ1v) is 8.14. The fraction of sp³-hybridized carbons (Fsp3) is 0.100. The molecule has 0 atom stereocenters. The minimum Gasteiger partial charge on any atom is -0.427 e. The molecule has 0 fully saturated rings. The van der Waals surface area contributed by atoms with E-state index in [1.807, 2.05) is 29.0 Å². The van der Waals surface area contributed by atoms with Crippen LogP contribution in [0.4, 0.5) is 0 Å². The second-order valence-corrected chi connectivity index (χ2v) is 5.98. The van der Waals surface area contributed by atoms with E-state index in [2.05, 4.69) is 0 Å². The summed E-state index contributed by atoms with van der Waals surface area (Å²) in [5.41, 5.74) is 1.94. The fourth-order valence-electron chi connectivity index (χ4n) is 2.61. The molecule has 1 heterocycles. The number of rotatable bonds is 5. The average Bonchev–Trinajstić information content (AvgIpc) is 3.02. The predicted molar refractivity (Wildman–Crippen MR) is 96.2 cm³/mol. The van der Waals surface area contributed by atoms with E-state index in [0.29, 0.717) is 28.6 Å². The van der Waals surface area contributed by atoms with Crippen molar-refractivity contribution in [3.05, 3.63) is 88.7 Å². The third kappa shape index (κ3) is 3.98. The largest absolute Gasteiger partial charge is 0.427 e. The molecule has 3 rings (SSSR count). The van der Waals surface area contributed by atoms with E-state index in [1.54, 1.807) is 42.5 Å². The van der Waals surface area contributed by atoms with Crippen molar-refractivity contribution in [3.8, 4) is 5.75 Å². The van der Waals surface area contributed by atoms with Gasteiger partial charge in [0.1, 0.15) is 5.75 Å². The molecule has 0 aliphatic carbocycles. The smallest absolute Gasteiger partial charge is 0.308 e. The van der Waals surface area contributed by atoms with Crippen molar-refractivity contribution in [3.63, 3.8) is 0 Å². The molecule has 0 unspecified atom stereocenters. The molecule has 0 aliphatic rings. The van der Waals surface area contributed by atoms with Crippen LogP contribution in [0.2, 0.25) is 5.02 Å². The fourth-order valence-corrected chi connectivity index (χ4v) is 2.83. The third-order valence-corrected chi connectivity index (χ3v) is 4.02. The standard InChI is InChI=1S/C20H16ClNO3/c1-14(23)25-16-7-4-6-15(12-16)13-22-11-5-10-19(22)20(24)17-8-2-3-9-18(17)21/h2-12H,13H2,1H3. The van der Waals surface area contributed by atoms with Crippen LogP contribution >= 0.6 is 11.6 Å². The van der Waals surface area contributed by atoms with Crippen LogP contribution in [-0.4, -0.2) is 16.3 Å². The molecule has 3 aromatic rings. The number of aromatic nitrogens is 1. The molecular formula is C20H16ClNO3. The third-order valence-electron chi connectivity index (χ3n) is 3.69. The van der Waals surface area contributed by atoms with Gasteiger partial charge in [0.15, 0.2) is 0 Å². The van der Waals surface area contributed by atoms with E-state index in [0.717, 1.165) is 5.56 Å². The van der Waals surface area contributed by atoms with Gasteiger partial charge in [0.2, 0.25) is 5.78 Å². The van der Waals surface area contributed by atoms with E-state index in [-0.39, 0.29) is 11.8 Å². The zero-order chi connectivity index (χ0) is 17.8. The zero-order valence-electron chi connectivity index (χ0n) is 13.6. The number of ketones is 1. The first-order valence-electron chi connectivity index (χ1n) is 7.76. The number of ether oxygens (including phenoxy) is 1. The number of esters is 1. The van der Waals surface area contributed by atoms with Gasteiger partial charge < -0.3 is 9.30 Å². The number of benzene rings is 2. The molecule has 5 heteroatoms. The topological polar surface area (TPSA) is 48.3 Å². The van der Waals surface area contributed by atoms with Crippen molar-refractivity contribution in [2.75, 3.05) is 0 Å². The lowest BCUT2D eigenvalue weighted by atomic mass is 10.1. The van der Waals surface area contributed by atoms with Crippen molar-refractivity contribution >= 4 is 23.4 Å². The molecule has 4 nitrogen and oxygen atoms in total. The van der Waals surface area contributed by atoms with Gasteiger partial charge in [-0.2, -0.15) is 0 Å². The monoisotopic (exact) mass is 353 g/mol. The number of nitrogens with zero attached hydrogens (tertiary/aromatic N) is 1. The molecule has 0 radical (unpaired) electrons. The van der Waals surface area contributed by atoms with E-state index in [9.17, 15) is 9.59 Å². The number of hydrogen-bond acceptors (Lipinski definition) is 3. The Hall–Kier alpha value is -2.85. The van der Waals surface area contributed by atoms with Gasteiger partial charge in [0, 0.05) is 25.2 Å². The van der Waals surface area contributed by atoms with Crippen LogP contribution in [0.5, 0.6) is 5.75 Å². The minimum absolute atomic E-state index is 0.133. The summed E-state index contributed by atoms with van der Waals surface area (Å²) in [6.07, 6.45) is 1.84. The van der Waals surface area contributed by atoms with Crippen LogP contribution in [0.3, 0.4) is 0 Å². The van der Waals surface area contributed by atoms with Crippen LogP contribution in [0.15, 0.2) is 66.9 Å². The maximum absolute atomic E-state index is 12.8. The lowest BCUT2D eigenvalue weighted by Crippen LogP contribution is -2.11. The van der Waals surface area contributed by atoms with Gasteiger partial charge in [-0.3, -0.25) is 9.59 Å². The molecule has 25 heavy (non-hydrogen) atoms. The Kier molecular flexibility index (Phi) is 5.00. The Morgan fingerprint density at radius 2 is 1.84 bits per heavy atom. The average molecular weight is 354 g/mol. The van der Waals surface area contributed by atoms with Crippen molar-refractivity contribution < 1.29 is 14.3 Å². The van der Waals surface area contributed by atoms with Gasteiger partial charge in [0.05, 0.1) is 10.7 Å². The van der Waals surface area contributed by atoms with Crippen LogP contribution in [0.1, 0.15) is 28.5 Å². The number of hydrogen-bond donors (Lipinski definition) is 0. The second kappa shape index (κ2) is 7.36. The summed E-state index contributed by atoms with van der Waals surface area (Å²) in [7, 11) is 0. The summed E-state index contributed by atoms with van der Waals surface area (Å²) in [6, 6.07) is 17.8. The number of carbonyl (C=O) groups excluding carboxylic acids is 2. The van der Waals surface area contributed by atoms with Crippen molar-refractivity contribution in [1.29, 1.82) is 0 Å². The maximum atomic E-state index is 12.8. The molecule has 0 aliphatic heterocycles. The molecular weight excluding hydrogens is 338 g/mol. The van der Waals surface area contributed by atoms with Gasteiger partial charge in [0.25, 0.3) is 0 Å². The molecule has 0 spiro atoms. The Morgan fingerprint density at radius 3 is 2.60 bits per heavy atom. The quantitative estimate of drug-likeness (QED) is 0.389. The van der Waals surface area contributed by atoms with E-state index in [4.69, 9.17) is 16.3 Å². The highest BCUT2D eigenvalue weighted by Crippen LogP contribution is 2.21. The van der Waals surface area contributed by atoms with E-state index in [1.165, 1.54) is 6.92 Å². The summed E-state index contributed by atoms with van der Waals surface area (Å²) in [4.78, 5) is 23.9.